The van der Waals surface area contributed by atoms with Crippen LogP contribution in [0.2, 0.25) is 0 Å². The first kappa shape index (κ1) is 14.4. The maximum Gasteiger partial charge on any atom is 0.222 e. The smallest absolute Gasteiger partial charge is 0.222 e. The van der Waals surface area contributed by atoms with Gasteiger partial charge in [0.15, 0.2) is 0 Å². The van der Waals surface area contributed by atoms with Gasteiger partial charge in [0.2, 0.25) is 5.91 Å². The Bertz CT molecular complexity index is 154. The van der Waals surface area contributed by atoms with E-state index in [1.165, 1.54) is 6.42 Å². The standard InChI is InChI=1S/C10H19NO2.C2H6/c1-2-3-4-5-10(12)11-6-8-13-9-7-11;1-2/h2-9H2,1H3;1-2H3. The third-order valence-electron chi connectivity index (χ3n) is 2.36. The van der Waals surface area contributed by atoms with Crippen molar-refractivity contribution in [2.75, 3.05) is 26.3 Å². The summed E-state index contributed by atoms with van der Waals surface area (Å²) in [5.74, 6) is 0.303. The average Bonchev–Trinajstić information content (AvgIpc) is 2.33. The molecule has 0 bridgehead atoms. The molecule has 0 aliphatic carbocycles. The number of ether oxygens (including phenoxy) is 1. The van der Waals surface area contributed by atoms with E-state index in [2.05, 4.69) is 6.92 Å². The van der Waals surface area contributed by atoms with Gasteiger partial charge in [0.25, 0.3) is 0 Å². The van der Waals surface area contributed by atoms with Crippen molar-refractivity contribution in [1.82, 2.24) is 4.90 Å². The van der Waals surface area contributed by atoms with E-state index < -0.39 is 0 Å². The SMILES string of the molecule is CC.CCCCCC(=O)N1CCOCC1. The summed E-state index contributed by atoms with van der Waals surface area (Å²) in [4.78, 5) is 13.5. The normalized spacial score (nSPS) is 15.5. The molecule has 0 atom stereocenters. The van der Waals surface area contributed by atoms with E-state index in [0.29, 0.717) is 25.5 Å². The highest BCUT2D eigenvalue weighted by atomic mass is 16.5. The van der Waals surface area contributed by atoms with Gasteiger partial charge in [-0.05, 0) is 6.42 Å². The highest BCUT2D eigenvalue weighted by Crippen LogP contribution is 2.05. The number of rotatable bonds is 4. The fourth-order valence-electron chi connectivity index (χ4n) is 1.50. The zero-order valence-electron chi connectivity index (χ0n) is 10.4. The number of carbonyl (C=O) groups excluding carboxylic acids is 1. The lowest BCUT2D eigenvalue weighted by Gasteiger charge is -2.26. The molecule has 3 nitrogen and oxygen atoms in total. The molecule has 1 fully saturated rings. The van der Waals surface area contributed by atoms with Crippen LogP contribution in [0.1, 0.15) is 46.5 Å². The lowest BCUT2D eigenvalue weighted by molar-refractivity contribution is -0.135. The first-order chi connectivity index (χ1) is 7.34. The Labute approximate surface area is 93.8 Å². The van der Waals surface area contributed by atoms with Crippen LogP contribution < -0.4 is 0 Å². The number of unbranched alkanes of at least 4 members (excludes halogenated alkanes) is 2. The summed E-state index contributed by atoms with van der Waals surface area (Å²) < 4.78 is 5.18. The molecule has 1 aliphatic rings. The van der Waals surface area contributed by atoms with Gasteiger partial charge in [-0.3, -0.25) is 4.79 Å². The molecule has 0 unspecified atom stereocenters. The molecule has 3 heteroatoms. The van der Waals surface area contributed by atoms with Crippen LogP contribution in [-0.2, 0) is 9.53 Å². The molecule has 1 saturated heterocycles. The number of amides is 1. The maximum absolute atomic E-state index is 11.5. The Morgan fingerprint density at radius 2 is 1.80 bits per heavy atom. The predicted octanol–water partition coefficient (Wildman–Crippen LogP) is 2.45. The monoisotopic (exact) mass is 215 g/mol. The van der Waals surface area contributed by atoms with E-state index in [1.54, 1.807) is 0 Å². The van der Waals surface area contributed by atoms with E-state index in [4.69, 9.17) is 4.74 Å². The Morgan fingerprint density at radius 3 is 2.33 bits per heavy atom. The van der Waals surface area contributed by atoms with Crippen LogP contribution in [0.5, 0.6) is 0 Å². The third kappa shape index (κ3) is 6.50. The summed E-state index contributed by atoms with van der Waals surface area (Å²) in [6.07, 6.45) is 4.09. The van der Waals surface area contributed by atoms with Crippen molar-refractivity contribution >= 4 is 5.91 Å². The second kappa shape index (κ2) is 9.97. The predicted molar refractivity (Wildman–Crippen MR) is 62.9 cm³/mol. The highest BCUT2D eigenvalue weighted by Gasteiger charge is 2.15. The summed E-state index contributed by atoms with van der Waals surface area (Å²) >= 11 is 0. The summed E-state index contributed by atoms with van der Waals surface area (Å²) in [5.41, 5.74) is 0. The summed E-state index contributed by atoms with van der Waals surface area (Å²) in [7, 11) is 0. The number of morpholine rings is 1. The van der Waals surface area contributed by atoms with Gasteiger partial charge in [-0.1, -0.05) is 33.6 Å². The number of carbonyl (C=O) groups is 1. The van der Waals surface area contributed by atoms with E-state index in [1.807, 2.05) is 18.7 Å². The van der Waals surface area contributed by atoms with Crippen LogP contribution in [0.15, 0.2) is 0 Å². The average molecular weight is 215 g/mol. The lowest BCUT2D eigenvalue weighted by Crippen LogP contribution is -2.40. The Kier molecular flexibility index (Phi) is 9.59. The molecule has 0 saturated carbocycles. The van der Waals surface area contributed by atoms with E-state index >= 15 is 0 Å². The Hall–Kier alpha value is -0.570. The van der Waals surface area contributed by atoms with Crippen molar-refractivity contribution in [3.05, 3.63) is 0 Å². The van der Waals surface area contributed by atoms with Gasteiger partial charge in [-0.2, -0.15) is 0 Å². The quantitative estimate of drug-likeness (QED) is 0.674. The summed E-state index contributed by atoms with van der Waals surface area (Å²) in [6.45, 7) is 9.13. The molecule has 0 N–H and O–H groups in total. The summed E-state index contributed by atoms with van der Waals surface area (Å²) in [6, 6.07) is 0. The van der Waals surface area contributed by atoms with Gasteiger partial charge in [0.05, 0.1) is 13.2 Å². The first-order valence-corrected chi connectivity index (χ1v) is 6.20. The second-order valence-corrected chi connectivity index (χ2v) is 3.45. The minimum Gasteiger partial charge on any atom is -0.378 e. The molecule has 0 spiro atoms. The summed E-state index contributed by atoms with van der Waals surface area (Å²) in [5, 5.41) is 0. The maximum atomic E-state index is 11.5. The van der Waals surface area contributed by atoms with Crippen molar-refractivity contribution in [2.24, 2.45) is 0 Å². The van der Waals surface area contributed by atoms with E-state index in [9.17, 15) is 4.79 Å². The minimum atomic E-state index is 0.303. The van der Waals surface area contributed by atoms with E-state index in [0.717, 1.165) is 25.9 Å². The van der Waals surface area contributed by atoms with Crippen LogP contribution >= 0.6 is 0 Å². The number of nitrogens with zero attached hydrogens (tertiary/aromatic N) is 1. The number of hydrogen-bond donors (Lipinski definition) is 0. The fourth-order valence-corrected chi connectivity index (χ4v) is 1.50. The number of hydrogen-bond acceptors (Lipinski definition) is 2. The van der Waals surface area contributed by atoms with Crippen molar-refractivity contribution in [3.63, 3.8) is 0 Å². The zero-order chi connectivity index (χ0) is 11.5. The third-order valence-corrected chi connectivity index (χ3v) is 2.36. The van der Waals surface area contributed by atoms with Gasteiger partial charge in [0.1, 0.15) is 0 Å². The molecule has 0 aromatic heterocycles. The van der Waals surface area contributed by atoms with Gasteiger partial charge >= 0.3 is 0 Å². The van der Waals surface area contributed by atoms with Crippen LogP contribution in [0.25, 0.3) is 0 Å². The Morgan fingerprint density at radius 1 is 1.20 bits per heavy atom. The van der Waals surface area contributed by atoms with E-state index in [-0.39, 0.29) is 0 Å². The lowest BCUT2D eigenvalue weighted by atomic mass is 10.2. The molecular weight excluding hydrogens is 190 g/mol. The van der Waals surface area contributed by atoms with Crippen molar-refractivity contribution in [3.8, 4) is 0 Å². The molecule has 1 aliphatic heterocycles. The van der Waals surface area contributed by atoms with Crippen LogP contribution in [0.4, 0.5) is 0 Å². The molecule has 0 radical (unpaired) electrons. The molecule has 1 rings (SSSR count). The zero-order valence-corrected chi connectivity index (χ0v) is 10.4. The van der Waals surface area contributed by atoms with Crippen molar-refractivity contribution in [1.29, 1.82) is 0 Å². The van der Waals surface area contributed by atoms with Crippen molar-refractivity contribution in [2.45, 2.75) is 46.5 Å². The molecule has 1 amide bonds. The van der Waals surface area contributed by atoms with Gasteiger partial charge in [-0.15, -0.1) is 0 Å². The molecule has 0 aromatic rings. The molecular formula is C12H25NO2. The van der Waals surface area contributed by atoms with Gasteiger partial charge in [-0.25, -0.2) is 0 Å². The Balaban J connectivity index is 0.000000921. The van der Waals surface area contributed by atoms with Gasteiger partial charge in [0, 0.05) is 19.5 Å². The highest BCUT2D eigenvalue weighted by molar-refractivity contribution is 5.76. The van der Waals surface area contributed by atoms with Crippen LogP contribution in [0.3, 0.4) is 0 Å². The molecule has 15 heavy (non-hydrogen) atoms. The second-order valence-electron chi connectivity index (χ2n) is 3.45. The largest absolute Gasteiger partial charge is 0.378 e. The van der Waals surface area contributed by atoms with Crippen LogP contribution in [0, 0.1) is 0 Å². The topological polar surface area (TPSA) is 29.5 Å². The van der Waals surface area contributed by atoms with Crippen molar-refractivity contribution < 1.29 is 9.53 Å². The molecule has 1 heterocycles. The molecule has 0 aromatic carbocycles. The van der Waals surface area contributed by atoms with Gasteiger partial charge < -0.3 is 9.64 Å². The first-order valence-electron chi connectivity index (χ1n) is 6.20. The fraction of sp³-hybridized carbons (Fsp3) is 0.917. The molecule has 90 valence electrons. The van der Waals surface area contributed by atoms with Crippen LogP contribution in [-0.4, -0.2) is 37.1 Å². The minimum absolute atomic E-state index is 0.303.